The summed E-state index contributed by atoms with van der Waals surface area (Å²) < 4.78 is 0. The molecule has 0 bridgehead atoms. The van der Waals surface area contributed by atoms with Crippen molar-refractivity contribution in [2.45, 2.75) is 25.8 Å². The molecule has 0 radical (unpaired) electrons. The van der Waals surface area contributed by atoms with E-state index in [9.17, 15) is 0 Å². The molecule has 1 fully saturated rings. The second kappa shape index (κ2) is 5.21. The van der Waals surface area contributed by atoms with E-state index in [1.807, 2.05) is 18.2 Å². The van der Waals surface area contributed by atoms with Crippen molar-refractivity contribution in [1.29, 1.82) is 0 Å². The molecule has 0 aliphatic carbocycles. The summed E-state index contributed by atoms with van der Waals surface area (Å²) in [5, 5.41) is 3.44. The highest BCUT2D eigenvalue weighted by Crippen LogP contribution is 2.14. The van der Waals surface area contributed by atoms with Crippen molar-refractivity contribution in [3.05, 3.63) is 24.3 Å². The minimum absolute atomic E-state index is 0.601. The van der Waals surface area contributed by atoms with Crippen molar-refractivity contribution in [2.75, 3.05) is 30.7 Å². The lowest BCUT2D eigenvalue weighted by Gasteiger charge is -2.24. The van der Waals surface area contributed by atoms with Gasteiger partial charge in [0.2, 0.25) is 0 Å². The number of nitrogens with two attached hydrogens (primary N) is 1. The maximum atomic E-state index is 5.74. The van der Waals surface area contributed by atoms with Crippen molar-refractivity contribution in [2.24, 2.45) is 0 Å². The van der Waals surface area contributed by atoms with Crippen LogP contribution in [0, 0.1) is 0 Å². The fraction of sp³-hybridized carbons (Fsp3) is 0.538. The first kappa shape index (κ1) is 11.3. The largest absolute Gasteiger partial charge is 0.399 e. The summed E-state index contributed by atoms with van der Waals surface area (Å²) in [6, 6.07) is 8.54. The van der Waals surface area contributed by atoms with Gasteiger partial charge in [-0.25, -0.2) is 0 Å². The quantitative estimate of drug-likeness (QED) is 0.763. The minimum atomic E-state index is 0.601. The van der Waals surface area contributed by atoms with Gasteiger partial charge < -0.3 is 11.1 Å². The van der Waals surface area contributed by atoms with Gasteiger partial charge in [0.25, 0.3) is 0 Å². The van der Waals surface area contributed by atoms with Gasteiger partial charge in [0.1, 0.15) is 0 Å². The molecule has 3 N–H and O–H groups in total. The van der Waals surface area contributed by atoms with E-state index in [-0.39, 0.29) is 0 Å². The topological polar surface area (TPSA) is 41.3 Å². The van der Waals surface area contributed by atoms with E-state index in [0.717, 1.165) is 17.9 Å². The molecule has 1 aromatic carbocycles. The first-order valence-electron chi connectivity index (χ1n) is 6.09. The average Bonchev–Trinajstić information content (AvgIpc) is 2.79. The van der Waals surface area contributed by atoms with Gasteiger partial charge in [-0.1, -0.05) is 6.07 Å². The Morgan fingerprint density at radius 2 is 2.12 bits per heavy atom. The Morgan fingerprint density at radius 3 is 2.81 bits per heavy atom. The van der Waals surface area contributed by atoms with Gasteiger partial charge in [-0.05, 0) is 51.1 Å². The monoisotopic (exact) mass is 219 g/mol. The van der Waals surface area contributed by atoms with Crippen molar-refractivity contribution in [3.8, 4) is 0 Å². The highest BCUT2D eigenvalue weighted by atomic mass is 15.2. The number of rotatable bonds is 4. The summed E-state index contributed by atoms with van der Waals surface area (Å²) >= 11 is 0. The number of nitrogens with one attached hydrogen (secondary N) is 1. The summed E-state index contributed by atoms with van der Waals surface area (Å²) in [5.41, 5.74) is 7.67. The van der Waals surface area contributed by atoms with E-state index in [0.29, 0.717) is 6.04 Å². The van der Waals surface area contributed by atoms with Crippen LogP contribution in [0.5, 0.6) is 0 Å². The Bertz CT molecular complexity index is 332. The fourth-order valence-corrected chi connectivity index (χ4v) is 2.23. The summed E-state index contributed by atoms with van der Waals surface area (Å²) in [7, 11) is 0. The van der Waals surface area contributed by atoms with E-state index < -0.39 is 0 Å². The Balaban J connectivity index is 1.82. The molecule has 1 aliphatic heterocycles. The second-order valence-electron chi connectivity index (χ2n) is 4.60. The Hall–Kier alpha value is -1.22. The van der Waals surface area contributed by atoms with E-state index in [1.54, 1.807) is 0 Å². The standard InChI is InChI=1S/C13H21N3/c1-11(16-7-2-3-8-16)10-15-13-6-4-5-12(14)9-13/h4-6,9,11,15H,2-3,7-8,10,14H2,1H3. The average molecular weight is 219 g/mol. The lowest BCUT2D eigenvalue weighted by atomic mass is 10.2. The second-order valence-corrected chi connectivity index (χ2v) is 4.60. The van der Waals surface area contributed by atoms with Crippen molar-refractivity contribution in [3.63, 3.8) is 0 Å². The molecule has 0 saturated carbocycles. The van der Waals surface area contributed by atoms with Crippen LogP contribution in [-0.2, 0) is 0 Å². The summed E-state index contributed by atoms with van der Waals surface area (Å²) in [5.74, 6) is 0. The van der Waals surface area contributed by atoms with E-state index >= 15 is 0 Å². The fourth-order valence-electron chi connectivity index (χ4n) is 2.23. The van der Waals surface area contributed by atoms with Crippen LogP contribution >= 0.6 is 0 Å². The summed E-state index contributed by atoms with van der Waals surface area (Å²) in [6.07, 6.45) is 2.70. The van der Waals surface area contributed by atoms with Gasteiger partial charge in [-0.3, -0.25) is 4.90 Å². The molecule has 2 rings (SSSR count). The smallest absolute Gasteiger partial charge is 0.0361 e. The molecule has 1 saturated heterocycles. The first-order chi connectivity index (χ1) is 7.75. The molecule has 1 atom stereocenters. The van der Waals surface area contributed by atoms with Crippen LogP contribution in [-0.4, -0.2) is 30.6 Å². The third-order valence-corrected chi connectivity index (χ3v) is 3.25. The molecule has 1 heterocycles. The molecule has 0 spiro atoms. The van der Waals surface area contributed by atoms with Gasteiger partial charge in [0, 0.05) is 24.0 Å². The summed E-state index contributed by atoms with van der Waals surface area (Å²) in [6.45, 7) is 5.77. The van der Waals surface area contributed by atoms with Crippen LogP contribution in [0.1, 0.15) is 19.8 Å². The number of likely N-dealkylation sites (tertiary alicyclic amines) is 1. The van der Waals surface area contributed by atoms with E-state index in [1.165, 1.54) is 25.9 Å². The molecular formula is C13H21N3. The van der Waals surface area contributed by atoms with Crippen LogP contribution in [0.2, 0.25) is 0 Å². The Labute approximate surface area is 97.6 Å². The molecular weight excluding hydrogens is 198 g/mol. The van der Waals surface area contributed by atoms with Crippen LogP contribution < -0.4 is 11.1 Å². The van der Waals surface area contributed by atoms with Crippen molar-refractivity contribution < 1.29 is 0 Å². The molecule has 1 aliphatic rings. The number of hydrogen-bond donors (Lipinski definition) is 2. The summed E-state index contributed by atoms with van der Waals surface area (Å²) in [4.78, 5) is 2.54. The number of nitrogens with zero attached hydrogens (tertiary/aromatic N) is 1. The number of hydrogen-bond acceptors (Lipinski definition) is 3. The number of benzene rings is 1. The van der Waals surface area contributed by atoms with Crippen molar-refractivity contribution in [1.82, 2.24) is 4.90 Å². The maximum Gasteiger partial charge on any atom is 0.0361 e. The normalized spacial score (nSPS) is 18.6. The van der Waals surface area contributed by atoms with Gasteiger partial charge in [0.05, 0.1) is 0 Å². The highest BCUT2D eigenvalue weighted by Gasteiger charge is 2.17. The number of nitrogen functional groups attached to an aromatic ring is 1. The molecule has 88 valence electrons. The lowest BCUT2D eigenvalue weighted by molar-refractivity contribution is 0.269. The Morgan fingerprint density at radius 1 is 1.38 bits per heavy atom. The van der Waals surface area contributed by atoms with Gasteiger partial charge in [0.15, 0.2) is 0 Å². The number of anilines is 2. The lowest BCUT2D eigenvalue weighted by Crippen LogP contribution is -2.35. The zero-order valence-corrected chi connectivity index (χ0v) is 9.95. The maximum absolute atomic E-state index is 5.74. The SMILES string of the molecule is CC(CNc1cccc(N)c1)N1CCCC1. The van der Waals surface area contributed by atoms with Crippen LogP contribution in [0.15, 0.2) is 24.3 Å². The molecule has 0 aromatic heterocycles. The molecule has 3 heteroatoms. The predicted molar refractivity (Wildman–Crippen MR) is 69.6 cm³/mol. The van der Waals surface area contributed by atoms with Crippen LogP contribution in [0.4, 0.5) is 11.4 Å². The molecule has 3 nitrogen and oxygen atoms in total. The molecule has 16 heavy (non-hydrogen) atoms. The van der Waals surface area contributed by atoms with Crippen LogP contribution in [0.3, 0.4) is 0 Å². The van der Waals surface area contributed by atoms with Gasteiger partial charge >= 0.3 is 0 Å². The van der Waals surface area contributed by atoms with E-state index in [4.69, 9.17) is 5.73 Å². The van der Waals surface area contributed by atoms with E-state index in [2.05, 4.69) is 23.2 Å². The van der Waals surface area contributed by atoms with Crippen LogP contribution in [0.25, 0.3) is 0 Å². The molecule has 1 unspecified atom stereocenters. The highest BCUT2D eigenvalue weighted by molar-refractivity contribution is 5.54. The minimum Gasteiger partial charge on any atom is -0.399 e. The van der Waals surface area contributed by atoms with Gasteiger partial charge in [-0.15, -0.1) is 0 Å². The predicted octanol–water partition coefficient (Wildman–Crippen LogP) is 2.17. The van der Waals surface area contributed by atoms with Gasteiger partial charge in [-0.2, -0.15) is 0 Å². The molecule has 1 aromatic rings. The first-order valence-corrected chi connectivity index (χ1v) is 6.09. The molecule has 0 amide bonds. The third-order valence-electron chi connectivity index (χ3n) is 3.25. The van der Waals surface area contributed by atoms with Crippen molar-refractivity contribution >= 4 is 11.4 Å². The Kier molecular flexibility index (Phi) is 3.67. The third kappa shape index (κ3) is 2.89. The zero-order chi connectivity index (χ0) is 11.4. The zero-order valence-electron chi connectivity index (χ0n) is 9.95.